The molecule has 1 aromatic carbocycles. The van der Waals surface area contributed by atoms with Crippen LogP contribution in [-0.4, -0.2) is 28.3 Å². The molecule has 0 radical (unpaired) electrons. The summed E-state index contributed by atoms with van der Waals surface area (Å²) in [7, 11) is 0. The zero-order valence-electron chi connectivity index (χ0n) is 9.72. The van der Waals surface area contributed by atoms with Crippen LogP contribution in [0.15, 0.2) is 24.3 Å². The zero-order chi connectivity index (χ0) is 11.5. The molecule has 1 heterocycles. The molecule has 0 aliphatic carbocycles. The van der Waals surface area contributed by atoms with Gasteiger partial charge in [-0.1, -0.05) is 25.1 Å². The van der Waals surface area contributed by atoms with Crippen molar-refractivity contribution in [3.8, 4) is 5.75 Å². The lowest BCUT2D eigenvalue weighted by Crippen LogP contribution is -2.22. The minimum absolute atomic E-state index is 0.256. The van der Waals surface area contributed by atoms with Crippen LogP contribution in [0.3, 0.4) is 0 Å². The molecule has 1 N–H and O–H groups in total. The smallest absolute Gasteiger partial charge is 0.123 e. The Labute approximate surface area is 101 Å². The Bertz CT molecular complexity index is 327. The molecule has 0 amide bonds. The van der Waals surface area contributed by atoms with Crippen LogP contribution in [0.25, 0.3) is 0 Å². The summed E-state index contributed by atoms with van der Waals surface area (Å²) in [6.07, 6.45) is 1.01. The first-order valence-corrected chi connectivity index (χ1v) is 6.76. The fourth-order valence-electron chi connectivity index (χ4n) is 1.75. The average Bonchev–Trinajstić information content (AvgIpc) is 2.68. The van der Waals surface area contributed by atoms with Gasteiger partial charge in [0.15, 0.2) is 0 Å². The average molecular weight is 238 g/mol. The van der Waals surface area contributed by atoms with Crippen molar-refractivity contribution in [2.75, 3.05) is 5.75 Å². The molecule has 1 aliphatic heterocycles. The van der Waals surface area contributed by atoms with E-state index in [-0.39, 0.29) is 17.5 Å². The molecule has 16 heavy (non-hydrogen) atoms. The van der Waals surface area contributed by atoms with Gasteiger partial charge in [0.05, 0.1) is 6.10 Å². The minimum Gasteiger partial charge on any atom is -0.489 e. The first kappa shape index (κ1) is 11.8. The van der Waals surface area contributed by atoms with E-state index in [0.717, 1.165) is 17.9 Å². The van der Waals surface area contributed by atoms with Gasteiger partial charge in [-0.15, -0.1) is 0 Å². The summed E-state index contributed by atoms with van der Waals surface area (Å²) in [5.74, 6) is 1.97. The molecular weight excluding hydrogens is 220 g/mol. The molecule has 0 saturated carbocycles. The van der Waals surface area contributed by atoms with Gasteiger partial charge in [-0.05, 0) is 18.6 Å². The monoisotopic (exact) mass is 238 g/mol. The first-order chi connectivity index (χ1) is 7.66. The highest BCUT2D eigenvalue weighted by Crippen LogP contribution is 2.30. The number of hydrogen-bond acceptors (Lipinski definition) is 3. The highest BCUT2D eigenvalue weighted by Gasteiger charge is 2.23. The third-order valence-corrected chi connectivity index (χ3v) is 4.42. The first-order valence-electron chi connectivity index (χ1n) is 5.71. The van der Waals surface area contributed by atoms with Gasteiger partial charge in [-0.2, -0.15) is 11.8 Å². The molecule has 0 saturated heterocycles. The van der Waals surface area contributed by atoms with Crippen molar-refractivity contribution >= 4 is 11.8 Å². The Hall–Kier alpha value is -0.670. The topological polar surface area (TPSA) is 29.5 Å². The molecule has 0 fully saturated rings. The molecule has 0 aromatic heterocycles. The number of rotatable bonds is 4. The van der Waals surface area contributed by atoms with E-state index in [9.17, 15) is 5.11 Å². The number of benzene rings is 1. The summed E-state index contributed by atoms with van der Waals surface area (Å²) in [4.78, 5) is 0. The fraction of sp³-hybridized carbons (Fsp3) is 0.538. The molecule has 2 nitrogen and oxygen atoms in total. The SMILES string of the molecule is CC(O)C(C)SCC1Cc2ccccc2O1. The number of aliphatic hydroxyl groups excluding tert-OH is 1. The quantitative estimate of drug-likeness (QED) is 0.874. The van der Waals surface area contributed by atoms with Crippen LogP contribution in [-0.2, 0) is 6.42 Å². The van der Waals surface area contributed by atoms with E-state index in [2.05, 4.69) is 19.1 Å². The molecule has 0 spiro atoms. The van der Waals surface area contributed by atoms with Crippen LogP contribution < -0.4 is 4.74 Å². The molecule has 3 atom stereocenters. The van der Waals surface area contributed by atoms with E-state index < -0.39 is 0 Å². The van der Waals surface area contributed by atoms with Crippen LogP contribution in [0.2, 0.25) is 0 Å². The van der Waals surface area contributed by atoms with E-state index in [4.69, 9.17) is 4.74 Å². The van der Waals surface area contributed by atoms with Crippen LogP contribution in [0.5, 0.6) is 5.75 Å². The number of ether oxygens (including phenoxy) is 1. The molecule has 88 valence electrons. The van der Waals surface area contributed by atoms with Gasteiger partial charge in [0.25, 0.3) is 0 Å². The molecule has 3 unspecified atom stereocenters. The van der Waals surface area contributed by atoms with E-state index in [1.54, 1.807) is 11.8 Å². The Morgan fingerprint density at radius 3 is 2.88 bits per heavy atom. The van der Waals surface area contributed by atoms with Crippen LogP contribution in [0.4, 0.5) is 0 Å². The number of aliphatic hydroxyl groups is 1. The Balaban J connectivity index is 1.83. The predicted octanol–water partition coefficient (Wildman–Crippen LogP) is 2.49. The second-order valence-corrected chi connectivity index (χ2v) is 5.74. The van der Waals surface area contributed by atoms with Crippen molar-refractivity contribution in [2.24, 2.45) is 0 Å². The lowest BCUT2D eigenvalue weighted by Gasteiger charge is -2.16. The summed E-state index contributed by atoms with van der Waals surface area (Å²) in [5, 5.41) is 9.68. The lowest BCUT2D eigenvalue weighted by atomic mass is 10.1. The lowest BCUT2D eigenvalue weighted by molar-refractivity contribution is 0.196. The van der Waals surface area contributed by atoms with Gasteiger partial charge in [0.2, 0.25) is 0 Å². The van der Waals surface area contributed by atoms with Crippen LogP contribution in [0, 0.1) is 0 Å². The van der Waals surface area contributed by atoms with Crippen molar-refractivity contribution in [2.45, 2.75) is 37.7 Å². The van der Waals surface area contributed by atoms with Crippen LogP contribution in [0.1, 0.15) is 19.4 Å². The van der Waals surface area contributed by atoms with Gasteiger partial charge in [0, 0.05) is 17.4 Å². The number of para-hydroxylation sites is 1. The van der Waals surface area contributed by atoms with Gasteiger partial charge in [-0.25, -0.2) is 0 Å². The molecule has 2 rings (SSSR count). The second kappa shape index (κ2) is 5.11. The van der Waals surface area contributed by atoms with Crippen molar-refractivity contribution in [3.05, 3.63) is 29.8 Å². The number of thioether (sulfide) groups is 1. The third kappa shape index (κ3) is 2.71. The third-order valence-electron chi connectivity index (χ3n) is 2.94. The second-order valence-electron chi connectivity index (χ2n) is 4.33. The van der Waals surface area contributed by atoms with Gasteiger partial charge in [0.1, 0.15) is 11.9 Å². The maximum atomic E-state index is 9.41. The summed E-state index contributed by atoms with van der Waals surface area (Å²) in [6.45, 7) is 3.89. The van der Waals surface area contributed by atoms with Crippen LogP contribution >= 0.6 is 11.8 Å². The number of hydrogen-bond donors (Lipinski definition) is 1. The molecule has 1 aliphatic rings. The Kier molecular flexibility index (Phi) is 3.77. The molecule has 1 aromatic rings. The van der Waals surface area contributed by atoms with E-state index >= 15 is 0 Å². The highest BCUT2D eigenvalue weighted by atomic mass is 32.2. The Morgan fingerprint density at radius 2 is 2.19 bits per heavy atom. The van der Waals surface area contributed by atoms with Crippen molar-refractivity contribution in [3.63, 3.8) is 0 Å². The maximum Gasteiger partial charge on any atom is 0.123 e. The summed E-state index contributed by atoms with van der Waals surface area (Å²) in [5.41, 5.74) is 1.30. The van der Waals surface area contributed by atoms with Gasteiger partial charge >= 0.3 is 0 Å². The standard InChI is InChI=1S/C13H18O2S/c1-9(14)10(2)16-8-12-7-11-5-3-4-6-13(11)15-12/h3-6,9-10,12,14H,7-8H2,1-2H3. The van der Waals surface area contributed by atoms with Crippen molar-refractivity contribution < 1.29 is 9.84 Å². The highest BCUT2D eigenvalue weighted by molar-refractivity contribution is 7.99. The molecular formula is C13H18O2S. The maximum absolute atomic E-state index is 9.41. The summed E-state index contributed by atoms with van der Waals surface area (Å²) in [6, 6.07) is 8.21. The largest absolute Gasteiger partial charge is 0.489 e. The van der Waals surface area contributed by atoms with Gasteiger partial charge in [-0.3, -0.25) is 0 Å². The van der Waals surface area contributed by atoms with E-state index in [1.807, 2.05) is 19.1 Å². The predicted molar refractivity (Wildman–Crippen MR) is 68.2 cm³/mol. The Morgan fingerprint density at radius 1 is 1.44 bits per heavy atom. The summed E-state index contributed by atoms with van der Waals surface area (Å²) >= 11 is 1.78. The zero-order valence-corrected chi connectivity index (χ0v) is 10.5. The summed E-state index contributed by atoms with van der Waals surface area (Å²) < 4.78 is 5.83. The van der Waals surface area contributed by atoms with Gasteiger partial charge < -0.3 is 9.84 Å². The van der Waals surface area contributed by atoms with E-state index in [1.165, 1.54) is 5.56 Å². The number of fused-ring (bicyclic) bond motifs is 1. The van der Waals surface area contributed by atoms with Crippen molar-refractivity contribution in [1.82, 2.24) is 0 Å². The molecule has 3 heteroatoms. The van der Waals surface area contributed by atoms with Crippen molar-refractivity contribution in [1.29, 1.82) is 0 Å². The minimum atomic E-state index is -0.256. The molecule has 0 bridgehead atoms. The van der Waals surface area contributed by atoms with E-state index in [0.29, 0.717) is 0 Å². The fourth-order valence-corrected chi connectivity index (χ4v) is 2.73. The normalized spacial score (nSPS) is 22.3.